The highest BCUT2D eigenvalue weighted by Crippen LogP contribution is 2.35. The van der Waals surface area contributed by atoms with Gasteiger partial charge in [-0.3, -0.25) is 9.36 Å². The van der Waals surface area contributed by atoms with Gasteiger partial charge in [0.1, 0.15) is 4.83 Å². The highest BCUT2D eigenvalue weighted by Gasteiger charge is 2.25. The number of nitrogens with zero attached hydrogens (tertiary/aromatic N) is 2. The predicted molar refractivity (Wildman–Crippen MR) is 86.0 cm³/mol. The van der Waals surface area contributed by atoms with Gasteiger partial charge in [-0.05, 0) is 36.7 Å². The molecule has 0 radical (unpaired) electrons. The molecule has 21 heavy (non-hydrogen) atoms. The van der Waals surface area contributed by atoms with Crippen LogP contribution in [-0.4, -0.2) is 21.3 Å². The van der Waals surface area contributed by atoms with Gasteiger partial charge in [0.15, 0.2) is 0 Å². The lowest BCUT2D eigenvalue weighted by molar-refractivity contribution is 0.189. The van der Waals surface area contributed by atoms with Crippen LogP contribution in [0.15, 0.2) is 11.1 Å². The topological polar surface area (TPSA) is 55.1 Å². The molecule has 0 fully saturated rings. The van der Waals surface area contributed by atoms with Crippen LogP contribution in [0.25, 0.3) is 10.2 Å². The molecule has 1 N–H and O–H groups in total. The van der Waals surface area contributed by atoms with Gasteiger partial charge in [-0.1, -0.05) is 20.8 Å². The molecule has 0 saturated carbocycles. The second-order valence-electron chi connectivity index (χ2n) is 6.48. The second-order valence-corrected chi connectivity index (χ2v) is 7.57. The molecule has 0 bridgehead atoms. The summed E-state index contributed by atoms with van der Waals surface area (Å²) in [5.41, 5.74) is 1.22. The summed E-state index contributed by atoms with van der Waals surface area (Å²) in [6, 6.07) is -0.201. The highest BCUT2D eigenvalue weighted by molar-refractivity contribution is 7.18. The Morgan fingerprint density at radius 2 is 2.29 bits per heavy atom. The standard InChI is InChI=1S/C16H22N2O2S/c1-9(2)12(7-19)18-8-17-15-14(16(18)20)11-5-4-10(3)6-13(11)21-15/h8-10,12,19H,4-7H2,1-3H3/t10-,12+/m1/s1. The van der Waals surface area contributed by atoms with E-state index in [1.54, 1.807) is 22.2 Å². The van der Waals surface area contributed by atoms with E-state index >= 15 is 0 Å². The molecule has 0 spiro atoms. The highest BCUT2D eigenvalue weighted by atomic mass is 32.1. The molecule has 2 heterocycles. The van der Waals surface area contributed by atoms with Crippen molar-refractivity contribution in [1.29, 1.82) is 0 Å². The molecule has 2 aromatic heterocycles. The lowest BCUT2D eigenvalue weighted by Gasteiger charge is -2.21. The normalized spacial score (nSPS) is 20.0. The van der Waals surface area contributed by atoms with E-state index < -0.39 is 0 Å². The van der Waals surface area contributed by atoms with E-state index in [1.165, 1.54) is 10.4 Å². The first-order chi connectivity index (χ1) is 10.0. The maximum atomic E-state index is 12.9. The molecule has 5 heteroatoms. The molecular formula is C16H22N2O2S. The number of aromatic nitrogens is 2. The molecule has 114 valence electrons. The van der Waals surface area contributed by atoms with Gasteiger partial charge in [0.05, 0.1) is 24.4 Å². The van der Waals surface area contributed by atoms with Crippen molar-refractivity contribution in [3.63, 3.8) is 0 Å². The van der Waals surface area contributed by atoms with Crippen LogP contribution in [0.5, 0.6) is 0 Å². The number of aryl methyl sites for hydroxylation is 1. The average Bonchev–Trinajstić information content (AvgIpc) is 2.79. The van der Waals surface area contributed by atoms with Crippen molar-refractivity contribution >= 4 is 21.6 Å². The Morgan fingerprint density at radius 1 is 1.52 bits per heavy atom. The van der Waals surface area contributed by atoms with E-state index in [1.807, 2.05) is 13.8 Å². The van der Waals surface area contributed by atoms with E-state index in [-0.39, 0.29) is 24.1 Å². The minimum atomic E-state index is -0.201. The van der Waals surface area contributed by atoms with Gasteiger partial charge in [0.25, 0.3) is 5.56 Å². The number of thiophene rings is 1. The van der Waals surface area contributed by atoms with Gasteiger partial charge < -0.3 is 5.11 Å². The van der Waals surface area contributed by atoms with Gasteiger partial charge in [-0.15, -0.1) is 11.3 Å². The first-order valence-corrected chi connectivity index (χ1v) is 8.46. The van der Waals surface area contributed by atoms with E-state index in [0.717, 1.165) is 29.5 Å². The minimum absolute atomic E-state index is 0.0137. The number of rotatable bonds is 3. The average molecular weight is 306 g/mol. The van der Waals surface area contributed by atoms with Crippen molar-refractivity contribution in [3.05, 3.63) is 27.1 Å². The van der Waals surface area contributed by atoms with Crippen LogP contribution in [0.4, 0.5) is 0 Å². The molecule has 2 atom stereocenters. The van der Waals surface area contributed by atoms with Gasteiger partial charge >= 0.3 is 0 Å². The van der Waals surface area contributed by atoms with Crippen LogP contribution in [-0.2, 0) is 12.8 Å². The quantitative estimate of drug-likeness (QED) is 0.948. The fraction of sp³-hybridized carbons (Fsp3) is 0.625. The SMILES string of the molecule is CC(C)[C@H](CO)n1cnc2sc3c(c2c1=O)CC[C@@H](C)C3. The van der Waals surface area contributed by atoms with Gasteiger partial charge in [0.2, 0.25) is 0 Å². The Labute approximate surface area is 128 Å². The Morgan fingerprint density at radius 3 is 2.95 bits per heavy atom. The number of fused-ring (bicyclic) bond motifs is 3. The lowest BCUT2D eigenvalue weighted by Crippen LogP contribution is -2.30. The summed E-state index contributed by atoms with van der Waals surface area (Å²) >= 11 is 1.67. The summed E-state index contributed by atoms with van der Waals surface area (Å²) in [6.07, 6.45) is 4.78. The van der Waals surface area contributed by atoms with Crippen LogP contribution in [0.3, 0.4) is 0 Å². The molecule has 0 aliphatic heterocycles. The maximum Gasteiger partial charge on any atom is 0.262 e. The lowest BCUT2D eigenvalue weighted by atomic mass is 9.89. The first-order valence-electron chi connectivity index (χ1n) is 7.65. The zero-order valence-electron chi connectivity index (χ0n) is 12.8. The Balaban J connectivity index is 2.19. The summed E-state index contributed by atoms with van der Waals surface area (Å²) in [6.45, 7) is 6.26. The molecule has 1 aliphatic carbocycles. The maximum absolute atomic E-state index is 12.9. The minimum Gasteiger partial charge on any atom is -0.394 e. The zero-order chi connectivity index (χ0) is 15.1. The molecule has 1 aliphatic rings. The molecule has 0 aromatic carbocycles. The van der Waals surface area contributed by atoms with Crippen molar-refractivity contribution in [2.24, 2.45) is 11.8 Å². The van der Waals surface area contributed by atoms with Gasteiger partial charge in [-0.2, -0.15) is 0 Å². The number of hydrogen-bond acceptors (Lipinski definition) is 4. The number of aliphatic hydroxyl groups is 1. The number of hydrogen-bond donors (Lipinski definition) is 1. The summed E-state index contributed by atoms with van der Waals surface area (Å²) < 4.78 is 1.62. The van der Waals surface area contributed by atoms with Crippen LogP contribution in [0.1, 0.15) is 43.7 Å². The molecular weight excluding hydrogens is 284 g/mol. The van der Waals surface area contributed by atoms with E-state index in [4.69, 9.17) is 0 Å². The summed E-state index contributed by atoms with van der Waals surface area (Å²) in [5.74, 6) is 0.884. The molecule has 0 unspecified atom stereocenters. The zero-order valence-corrected chi connectivity index (χ0v) is 13.6. The fourth-order valence-electron chi connectivity index (χ4n) is 3.20. The van der Waals surface area contributed by atoms with Gasteiger partial charge in [0, 0.05) is 4.88 Å². The molecule has 0 saturated heterocycles. The first kappa shape index (κ1) is 14.7. The fourth-order valence-corrected chi connectivity index (χ4v) is 4.54. The van der Waals surface area contributed by atoms with Crippen molar-refractivity contribution < 1.29 is 5.11 Å². The van der Waals surface area contributed by atoms with Crippen molar-refractivity contribution in [1.82, 2.24) is 9.55 Å². The molecule has 3 rings (SSSR count). The van der Waals surface area contributed by atoms with E-state index in [9.17, 15) is 9.90 Å². The smallest absolute Gasteiger partial charge is 0.262 e. The van der Waals surface area contributed by atoms with Crippen LogP contribution in [0.2, 0.25) is 0 Å². The Hall–Kier alpha value is -1.20. The Bertz CT molecular complexity index is 717. The van der Waals surface area contributed by atoms with Crippen LogP contribution < -0.4 is 5.56 Å². The molecule has 4 nitrogen and oxygen atoms in total. The third-order valence-corrected chi connectivity index (χ3v) is 5.72. The van der Waals surface area contributed by atoms with Crippen LogP contribution >= 0.6 is 11.3 Å². The summed E-state index contributed by atoms with van der Waals surface area (Å²) in [4.78, 5) is 19.5. The monoisotopic (exact) mass is 306 g/mol. The Kier molecular flexibility index (Phi) is 3.88. The van der Waals surface area contributed by atoms with Gasteiger partial charge in [-0.25, -0.2) is 4.98 Å². The number of aliphatic hydroxyl groups excluding tert-OH is 1. The van der Waals surface area contributed by atoms with Crippen molar-refractivity contribution in [3.8, 4) is 0 Å². The van der Waals surface area contributed by atoms with Crippen molar-refractivity contribution in [2.45, 2.75) is 46.1 Å². The largest absolute Gasteiger partial charge is 0.394 e. The third-order valence-electron chi connectivity index (χ3n) is 4.55. The third kappa shape index (κ3) is 2.42. The second kappa shape index (κ2) is 5.54. The van der Waals surface area contributed by atoms with E-state index in [0.29, 0.717) is 5.92 Å². The molecule has 2 aromatic rings. The predicted octanol–water partition coefficient (Wildman–Crippen LogP) is 2.77. The summed E-state index contributed by atoms with van der Waals surface area (Å²) in [5, 5.41) is 10.4. The summed E-state index contributed by atoms with van der Waals surface area (Å²) in [7, 11) is 0. The van der Waals surface area contributed by atoms with E-state index in [2.05, 4.69) is 11.9 Å². The molecule has 0 amide bonds. The van der Waals surface area contributed by atoms with Crippen molar-refractivity contribution in [2.75, 3.05) is 6.61 Å². The van der Waals surface area contributed by atoms with Crippen LogP contribution in [0, 0.1) is 11.8 Å².